The first-order valence-corrected chi connectivity index (χ1v) is 6.90. The van der Waals surface area contributed by atoms with E-state index in [0.29, 0.717) is 11.3 Å². The van der Waals surface area contributed by atoms with E-state index < -0.39 is 5.97 Å². The largest absolute Gasteiger partial charge is 0.480 e. The van der Waals surface area contributed by atoms with Gasteiger partial charge < -0.3 is 10.0 Å². The van der Waals surface area contributed by atoms with Crippen molar-refractivity contribution < 1.29 is 14.7 Å². The monoisotopic (exact) mass is 301 g/mol. The molecule has 0 atom stereocenters. The summed E-state index contributed by atoms with van der Waals surface area (Å²) >= 11 is 0. The maximum absolute atomic E-state index is 12.3. The van der Waals surface area contributed by atoms with Crippen molar-refractivity contribution in [1.29, 1.82) is 0 Å². The molecule has 22 heavy (non-hydrogen) atoms. The van der Waals surface area contributed by atoms with Crippen molar-refractivity contribution in [3.8, 4) is 5.69 Å². The molecular weight excluding hydrogens is 282 g/mol. The minimum atomic E-state index is -1.05. The van der Waals surface area contributed by atoms with Gasteiger partial charge in [-0.15, -0.1) is 0 Å². The normalized spacial score (nSPS) is 10.5. The van der Waals surface area contributed by atoms with Crippen LogP contribution in [-0.4, -0.2) is 45.3 Å². The number of aromatic nitrogens is 2. The van der Waals surface area contributed by atoms with Gasteiger partial charge in [-0.3, -0.25) is 9.59 Å². The lowest BCUT2D eigenvalue weighted by molar-refractivity contribution is -0.137. The average molecular weight is 301 g/mol. The van der Waals surface area contributed by atoms with Gasteiger partial charge in [-0.05, 0) is 38.0 Å². The van der Waals surface area contributed by atoms with Crippen molar-refractivity contribution >= 4 is 11.9 Å². The summed E-state index contributed by atoms with van der Waals surface area (Å²) in [7, 11) is 1.46. The molecule has 1 aromatic heterocycles. The second kappa shape index (κ2) is 6.01. The van der Waals surface area contributed by atoms with E-state index in [1.54, 1.807) is 11.6 Å². The topological polar surface area (TPSA) is 75.4 Å². The zero-order valence-corrected chi connectivity index (χ0v) is 13.1. The van der Waals surface area contributed by atoms with Gasteiger partial charge in [-0.2, -0.15) is 5.10 Å². The number of likely N-dealkylation sites (N-methyl/N-ethyl adjacent to an activating group) is 1. The molecule has 6 heteroatoms. The Morgan fingerprint density at radius 1 is 1.27 bits per heavy atom. The Hall–Kier alpha value is -2.63. The van der Waals surface area contributed by atoms with E-state index in [1.807, 2.05) is 32.0 Å². The van der Waals surface area contributed by atoms with Crippen molar-refractivity contribution in [1.82, 2.24) is 14.7 Å². The number of carboxylic acid groups (broad SMARTS) is 1. The van der Waals surface area contributed by atoms with Gasteiger partial charge in [0.15, 0.2) is 0 Å². The van der Waals surface area contributed by atoms with E-state index in [4.69, 9.17) is 5.11 Å². The van der Waals surface area contributed by atoms with Crippen LogP contribution < -0.4 is 0 Å². The van der Waals surface area contributed by atoms with E-state index in [-0.39, 0.29) is 12.5 Å². The van der Waals surface area contributed by atoms with Crippen LogP contribution in [0.25, 0.3) is 5.69 Å². The molecule has 0 fully saturated rings. The highest BCUT2D eigenvalue weighted by Gasteiger charge is 2.20. The molecule has 0 bridgehead atoms. The van der Waals surface area contributed by atoms with Crippen LogP contribution in [0, 0.1) is 20.8 Å². The first-order valence-electron chi connectivity index (χ1n) is 6.90. The van der Waals surface area contributed by atoms with Crippen molar-refractivity contribution in [3.05, 3.63) is 46.8 Å². The molecule has 1 amide bonds. The molecule has 0 saturated carbocycles. The lowest BCUT2D eigenvalue weighted by Crippen LogP contribution is -2.32. The predicted octanol–water partition coefficient (Wildman–Crippen LogP) is 1.95. The van der Waals surface area contributed by atoms with Gasteiger partial charge in [-0.25, -0.2) is 4.68 Å². The number of carboxylic acids is 1. The lowest BCUT2D eigenvalue weighted by Gasteiger charge is -2.14. The Balaban J connectivity index is 2.39. The molecule has 116 valence electrons. The van der Waals surface area contributed by atoms with Gasteiger partial charge in [-0.1, -0.05) is 12.1 Å². The summed E-state index contributed by atoms with van der Waals surface area (Å²) in [6.45, 7) is 5.44. The van der Waals surface area contributed by atoms with Crippen molar-refractivity contribution in [2.24, 2.45) is 0 Å². The summed E-state index contributed by atoms with van der Waals surface area (Å²) in [6, 6.07) is 6.03. The van der Waals surface area contributed by atoms with Crippen LogP contribution in [0.5, 0.6) is 0 Å². The Kier molecular flexibility index (Phi) is 4.30. The molecular formula is C16H19N3O3. The van der Waals surface area contributed by atoms with Crippen molar-refractivity contribution in [2.75, 3.05) is 13.6 Å². The third-order valence-corrected chi connectivity index (χ3v) is 3.55. The van der Waals surface area contributed by atoms with Crippen molar-refractivity contribution in [3.63, 3.8) is 0 Å². The summed E-state index contributed by atoms with van der Waals surface area (Å²) in [5.41, 5.74) is 4.17. The molecule has 0 unspecified atom stereocenters. The molecule has 1 heterocycles. The second-order valence-electron chi connectivity index (χ2n) is 5.40. The summed E-state index contributed by atoms with van der Waals surface area (Å²) in [5, 5.41) is 13.1. The van der Waals surface area contributed by atoms with Crippen LogP contribution >= 0.6 is 0 Å². The summed E-state index contributed by atoms with van der Waals surface area (Å²) in [5.74, 6) is -1.40. The number of hydrogen-bond acceptors (Lipinski definition) is 3. The number of carbonyl (C=O) groups is 2. The van der Waals surface area contributed by atoms with Crippen LogP contribution in [0.15, 0.2) is 24.4 Å². The number of aliphatic carboxylic acids is 1. The highest BCUT2D eigenvalue weighted by molar-refractivity contribution is 5.96. The maximum Gasteiger partial charge on any atom is 0.323 e. The van der Waals surface area contributed by atoms with Gasteiger partial charge in [0.05, 0.1) is 23.1 Å². The van der Waals surface area contributed by atoms with Gasteiger partial charge in [0.25, 0.3) is 5.91 Å². The Labute approximate surface area is 129 Å². The number of aryl methyl sites for hydroxylation is 2. The SMILES string of the molecule is Cc1ccc(C)c(-n2ncc(C(=O)N(C)CC(=O)O)c2C)c1. The van der Waals surface area contributed by atoms with Gasteiger partial charge in [0, 0.05) is 7.05 Å². The van der Waals surface area contributed by atoms with E-state index in [2.05, 4.69) is 5.10 Å². The number of benzene rings is 1. The fourth-order valence-electron chi connectivity index (χ4n) is 2.29. The molecule has 6 nitrogen and oxygen atoms in total. The highest BCUT2D eigenvalue weighted by atomic mass is 16.4. The molecule has 0 spiro atoms. The first-order chi connectivity index (χ1) is 10.3. The predicted molar refractivity (Wildman–Crippen MR) is 82.4 cm³/mol. The first kappa shape index (κ1) is 15.8. The highest BCUT2D eigenvalue weighted by Crippen LogP contribution is 2.19. The van der Waals surface area contributed by atoms with Crippen LogP contribution in [0.2, 0.25) is 0 Å². The maximum atomic E-state index is 12.3. The zero-order valence-electron chi connectivity index (χ0n) is 13.1. The third kappa shape index (κ3) is 3.00. The number of amides is 1. The standard InChI is InChI=1S/C16H19N3O3/c1-10-5-6-11(2)14(7-10)19-12(3)13(8-17-19)16(22)18(4)9-15(20)21/h5-8H,9H2,1-4H3,(H,20,21). The quantitative estimate of drug-likeness (QED) is 0.936. The number of carbonyl (C=O) groups excluding carboxylic acids is 1. The molecule has 2 rings (SSSR count). The molecule has 1 aromatic carbocycles. The third-order valence-electron chi connectivity index (χ3n) is 3.55. The van der Waals surface area contributed by atoms with E-state index in [9.17, 15) is 9.59 Å². The molecule has 0 radical (unpaired) electrons. The number of rotatable bonds is 4. The second-order valence-corrected chi connectivity index (χ2v) is 5.40. The molecule has 0 aliphatic heterocycles. The van der Waals surface area contributed by atoms with Crippen LogP contribution in [0.4, 0.5) is 0 Å². The Morgan fingerprint density at radius 2 is 1.95 bits per heavy atom. The summed E-state index contributed by atoms with van der Waals surface area (Å²) < 4.78 is 1.71. The van der Waals surface area contributed by atoms with Gasteiger partial charge in [0.1, 0.15) is 6.54 Å². The number of hydrogen-bond donors (Lipinski definition) is 1. The molecule has 0 saturated heterocycles. The lowest BCUT2D eigenvalue weighted by atomic mass is 10.1. The Bertz CT molecular complexity index is 734. The molecule has 2 aromatic rings. The number of nitrogens with zero attached hydrogens (tertiary/aromatic N) is 3. The Morgan fingerprint density at radius 3 is 2.59 bits per heavy atom. The molecule has 0 aliphatic rings. The minimum Gasteiger partial charge on any atom is -0.480 e. The van der Waals surface area contributed by atoms with Crippen LogP contribution in [0.3, 0.4) is 0 Å². The molecule has 0 aliphatic carbocycles. The van der Waals surface area contributed by atoms with E-state index in [0.717, 1.165) is 16.8 Å². The van der Waals surface area contributed by atoms with E-state index >= 15 is 0 Å². The van der Waals surface area contributed by atoms with Crippen molar-refractivity contribution in [2.45, 2.75) is 20.8 Å². The van der Waals surface area contributed by atoms with E-state index in [1.165, 1.54) is 18.1 Å². The van der Waals surface area contributed by atoms with Gasteiger partial charge >= 0.3 is 5.97 Å². The smallest absolute Gasteiger partial charge is 0.323 e. The van der Waals surface area contributed by atoms with Gasteiger partial charge in [0.2, 0.25) is 0 Å². The summed E-state index contributed by atoms with van der Waals surface area (Å²) in [4.78, 5) is 24.2. The van der Waals surface area contributed by atoms with Crippen LogP contribution in [0.1, 0.15) is 27.2 Å². The fourth-order valence-corrected chi connectivity index (χ4v) is 2.29. The zero-order chi connectivity index (χ0) is 16.4. The molecule has 1 N–H and O–H groups in total. The minimum absolute atomic E-state index is 0.340. The summed E-state index contributed by atoms with van der Waals surface area (Å²) in [6.07, 6.45) is 1.48. The van der Waals surface area contributed by atoms with Crippen LogP contribution in [-0.2, 0) is 4.79 Å². The fraction of sp³-hybridized carbons (Fsp3) is 0.312. The average Bonchev–Trinajstić information content (AvgIpc) is 2.81.